The van der Waals surface area contributed by atoms with Gasteiger partial charge in [-0.05, 0) is 29.8 Å². The lowest BCUT2D eigenvalue weighted by atomic mass is 10.2. The van der Waals surface area contributed by atoms with Crippen molar-refractivity contribution in [1.82, 2.24) is 0 Å². The maximum Gasteiger partial charge on any atom is 0.336 e. The third kappa shape index (κ3) is 3.22. The first kappa shape index (κ1) is 17.1. The Kier molecular flexibility index (Phi) is 4.59. The van der Waals surface area contributed by atoms with Gasteiger partial charge in [0.2, 0.25) is 5.96 Å². The lowest BCUT2D eigenvalue weighted by Crippen LogP contribution is -2.39. The summed E-state index contributed by atoms with van der Waals surface area (Å²) in [5, 5.41) is 12.9. The fourth-order valence-corrected chi connectivity index (χ4v) is 2.62. The minimum Gasteiger partial charge on any atom is -0.420 e. The van der Waals surface area contributed by atoms with Crippen molar-refractivity contribution >= 4 is 34.0 Å². The number of nitrogens with zero attached hydrogens (tertiary/aromatic N) is 5. The van der Waals surface area contributed by atoms with Crippen LogP contribution in [0.15, 0.2) is 68.9 Å². The Morgan fingerprint density at radius 1 is 1.12 bits per heavy atom. The first-order valence-corrected chi connectivity index (χ1v) is 7.75. The van der Waals surface area contributed by atoms with E-state index in [1.165, 1.54) is 6.07 Å². The van der Waals surface area contributed by atoms with Crippen molar-refractivity contribution in [1.29, 1.82) is 5.41 Å². The topological polar surface area (TPSA) is 109 Å². The predicted octanol–water partition coefficient (Wildman–Crippen LogP) is 4.24. The van der Waals surface area contributed by atoms with Crippen LogP contribution in [-0.4, -0.2) is 20.1 Å². The Balaban J connectivity index is 1.97. The highest BCUT2D eigenvalue weighted by molar-refractivity contribution is 6.08. The Morgan fingerprint density at radius 3 is 2.65 bits per heavy atom. The average Bonchev–Trinajstić information content (AvgIpc) is 2.66. The van der Waals surface area contributed by atoms with Crippen LogP contribution in [-0.2, 0) is 0 Å². The molecule has 0 radical (unpaired) electrons. The van der Waals surface area contributed by atoms with E-state index in [1.54, 1.807) is 54.2 Å². The number of rotatable bonds is 3. The van der Waals surface area contributed by atoms with Gasteiger partial charge in [-0.25, -0.2) is 4.79 Å². The maximum atomic E-state index is 11.6. The van der Waals surface area contributed by atoms with Gasteiger partial charge in [-0.2, -0.15) is 0 Å². The van der Waals surface area contributed by atoms with E-state index in [0.717, 1.165) is 5.39 Å². The molecular formula is C18H16N6O2. The molecule has 26 heavy (non-hydrogen) atoms. The van der Waals surface area contributed by atoms with Crippen molar-refractivity contribution < 1.29 is 4.42 Å². The van der Waals surface area contributed by atoms with E-state index in [4.69, 9.17) is 15.4 Å². The molecule has 0 saturated heterocycles. The van der Waals surface area contributed by atoms with E-state index >= 15 is 0 Å². The van der Waals surface area contributed by atoms with Crippen molar-refractivity contribution in [2.75, 3.05) is 23.9 Å². The van der Waals surface area contributed by atoms with Crippen LogP contribution >= 0.6 is 0 Å². The molecule has 2 aromatic carbocycles. The Morgan fingerprint density at radius 2 is 1.88 bits per heavy atom. The van der Waals surface area contributed by atoms with Gasteiger partial charge in [-0.15, -0.1) is 0 Å². The first-order valence-electron chi connectivity index (χ1n) is 7.75. The number of benzene rings is 2. The van der Waals surface area contributed by atoms with E-state index in [9.17, 15) is 4.79 Å². The van der Waals surface area contributed by atoms with Crippen molar-refractivity contribution in [3.8, 4) is 0 Å². The third-order valence-electron chi connectivity index (χ3n) is 4.00. The third-order valence-corrected chi connectivity index (χ3v) is 4.00. The Bertz CT molecular complexity index is 1080. The fourth-order valence-electron chi connectivity index (χ4n) is 2.62. The zero-order valence-corrected chi connectivity index (χ0v) is 14.2. The second kappa shape index (κ2) is 7.00. The molecule has 1 aromatic heterocycles. The number of nitrogens with one attached hydrogen (secondary N) is 1. The van der Waals surface area contributed by atoms with E-state index in [1.807, 2.05) is 18.2 Å². The molecule has 0 bridgehead atoms. The Hall–Kier alpha value is -3.77. The van der Waals surface area contributed by atoms with Gasteiger partial charge in [0.25, 0.3) is 0 Å². The van der Waals surface area contributed by atoms with Gasteiger partial charge in [0.1, 0.15) is 0 Å². The number of hydrogen-bond acceptors (Lipinski definition) is 4. The smallest absolute Gasteiger partial charge is 0.336 e. The van der Waals surface area contributed by atoms with Gasteiger partial charge in [-0.1, -0.05) is 29.4 Å². The standard InChI is InChI=1S/C18H16N6O2/c1-23(14-7-4-6-13(11-14)21-22-20)18(19)24(2)15-8-3-5-12-9-10-16(25)26-17(12)15/h3-11,19H,1-2H3. The molecule has 0 fully saturated rings. The summed E-state index contributed by atoms with van der Waals surface area (Å²) in [6, 6.07) is 15.4. The molecule has 0 aliphatic heterocycles. The van der Waals surface area contributed by atoms with Gasteiger partial charge in [0, 0.05) is 41.8 Å². The minimum absolute atomic E-state index is 0.155. The monoisotopic (exact) mass is 348 g/mol. The number of guanidine groups is 1. The number of azide groups is 1. The maximum absolute atomic E-state index is 11.6. The van der Waals surface area contributed by atoms with E-state index < -0.39 is 5.63 Å². The molecule has 1 N–H and O–H groups in total. The van der Waals surface area contributed by atoms with Gasteiger partial charge >= 0.3 is 5.63 Å². The zero-order valence-electron chi connectivity index (χ0n) is 14.2. The molecule has 0 saturated carbocycles. The molecule has 0 atom stereocenters. The summed E-state index contributed by atoms with van der Waals surface area (Å²) in [6.45, 7) is 0. The van der Waals surface area contributed by atoms with Gasteiger partial charge in [0.15, 0.2) is 5.58 Å². The Labute approximate surface area is 149 Å². The van der Waals surface area contributed by atoms with Crippen LogP contribution in [0.4, 0.5) is 17.1 Å². The highest BCUT2D eigenvalue weighted by Gasteiger charge is 2.17. The molecule has 3 rings (SSSR count). The van der Waals surface area contributed by atoms with Crippen LogP contribution in [0.25, 0.3) is 21.4 Å². The fraction of sp³-hybridized carbons (Fsp3) is 0.111. The zero-order chi connectivity index (χ0) is 18.7. The normalized spacial score (nSPS) is 10.2. The van der Waals surface area contributed by atoms with Crippen molar-refractivity contribution in [2.45, 2.75) is 0 Å². The summed E-state index contributed by atoms with van der Waals surface area (Å²) in [5.74, 6) is 0.155. The summed E-state index contributed by atoms with van der Waals surface area (Å²) in [7, 11) is 3.45. The van der Waals surface area contributed by atoms with Crippen molar-refractivity contribution in [2.24, 2.45) is 5.11 Å². The molecule has 0 amide bonds. The van der Waals surface area contributed by atoms with Gasteiger partial charge < -0.3 is 14.2 Å². The number of anilines is 2. The van der Waals surface area contributed by atoms with Crippen LogP contribution < -0.4 is 15.4 Å². The molecule has 0 spiro atoms. The highest BCUT2D eigenvalue weighted by atomic mass is 16.4. The summed E-state index contributed by atoms with van der Waals surface area (Å²) in [4.78, 5) is 17.6. The molecule has 0 unspecified atom stereocenters. The summed E-state index contributed by atoms with van der Waals surface area (Å²) in [6.07, 6.45) is 0. The van der Waals surface area contributed by atoms with Crippen LogP contribution in [0, 0.1) is 5.41 Å². The SMILES string of the molecule is CN(C(=N)N(C)c1cccc2ccc(=O)oc12)c1cccc(N=[N+]=[N-])c1. The van der Waals surface area contributed by atoms with E-state index in [2.05, 4.69) is 10.0 Å². The predicted molar refractivity (Wildman–Crippen MR) is 102 cm³/mol. The number of fused-ring (bicyclic) bond motifs is 1. The second-order valence-electron chi connectivity index (χ2n) is 5.60. The van der Waals surface area contributed by atoms with E-state index in [-0.39, 0.29) is 5.96 Å². The quantitative estimate of drug-likeness (QED) is 0.191. The number of hydrogen-bond donors (Lipinski definition) is 1. The van der Waals surface area contributed by atoms with Gasteiger partial charge in [0.05, 0.1) is 5.69 Å². The highest BCUT2D eigenvalue weighted by Crippen LogP contribution is 2.27. The molecule has 8 heteroatoms. The molecule has 0 aliphatic rings. The first-order chi connectivity index (χ1) is 12.5. The van der Waals surface area contributed by atoms with Crippen molar-refractivity contribution in [3.05, 3.63) is 75.5 Å². The van der Waals surface area contributed by atoms with Crippen LogP contribution in [0.5, 0.6) is 0 Å². The van der Waals surface area contributed by atoms with Crippen LogP contribution in [0.1, 0.15) is 0 Å². The molecule has 130 valence electrons. The molecule has 0 aliphatic carbocycles. The lowest BCUT2D eigenvalue weighted by molar-refractivity contribution is 0.561. The summed E-state index contributed by atoms with van der Waals surface area (Å²) >= 11 is 0. The largest absolute Gasteiger partial charge is 0.420 e. The van der Waals surface area contributed by atoms with Gasteiger partial charge in [-0.3, -0.25) is 5.41 Å². The van der Waals surface area contributed by atoms with E-state index in [0.29, 0.717) is 22.6 Å². The second-order valence-corrected chi connectivity index (χ2v) is 5.60. The molecular weight excluding hydrogens is 332 g/mol. The van der Waals surface area contributed by atoms with Crippen LogP contribution in [0.3, 0.4) is 0 Å². The minimum atomic E-state index is -0.444. The molecule has 8 nitrogen and oxygen atoms in total. The molecule has 1 heterocycles. The van der Waals surface area contributed by atoms with Crippen molar-refractivity contribution in [3.63, 3.8) is 0 Å². The number of para-hydroxylation sites is 1. The van der Waals surface area contributed by atoms with Crippen LogP contribution in [0.2, 0.25) is 0 Å². The average molecular weight is 348 g/mol. The molecule has 3 aromatic rings. The lowest BCUT2D eigenvalue weighted by Gasteiger charge is -2.28. The summed E-state index contributed by atoms with van der Waals surface area (Å²) < 4.78 is 5.33. The summed E-state index contributed by atoms with van der Waals surface area (Å²) in [5.41, 5.74) is 10.3.